The summed E-state index contributed by atoms with van der Waals surface area (Å²) in [6, 6.07) is 4.21. The molecule has 212 valence electrons. The molecule has 0 radical (unpaired) electrons. The topological polar surface area (TPSA) is 118 Å². The van der Waals surface area contributed by atoms with Crippen molar-refractivity contribution in [3.63, 3.8) is 0 Å². The van der Waals surface area contributed by atoms with E-state index < -0.39 is 40.3 Å². The van der Waals surface area contributed by atoms with E-state index in [4.69, 9.17) is 16.3 Å². The number of fused-ring (bicyclic) bond motifs is 1. The van der Waals surface area contributed by atoms with Crippen LogP contribution in [0.2, 0.25) is 5.02 Å². The lowest BCUT2D eigenvalue weighted by Crippen LogP contribution is -2.43. The number of nitrogens with one attached hydrogen (secondary N) is 2. The van der Waals surface area contributed by atoms with Crippen LogP contribution >= 0.6 is 11.6 Å². The van der Waals surface area contributed by atoms with E-state index in [1.807, 2.05) is 0 Å². The fourth-order valence-electron chi connectivity index (χ4n) is 4.14. The van der Waals surface area contributed by atoms with E-state index in [-0.39, 0.29) is 41.0 Å². The van der Waals surface area contributed by atoms with Crippen LogP contribution in [-0.2, 0) is 10.9 Å². The number of ether oxygens (including phenoxy) is 1. The number of halogens is 4. The SMILES string of the molecule is Cc1cc(NC(=O)OC(C)(C)C)ncc1C(=O)Nc1cnn2c1C(=O)N(c1ccc(C(F)(F)F)c(Cl)c1)C[C@@H]2C. The van der Waals surface area contributed by atoms with Gasteiger partial charge in [0.25, 0.3) is 11.8 Å². The van der Waals surface area contributed by atoms with Gasteiger partial charge in [-0.25, -0.2) is 9.78 Å². The summed E-state index contributed by atoms with van der Waals surface area (Å²) >= 11 is 5.88. The molecular formula is C26H26ClF3N6O4. The van der Waals surface area contributed by atoms with Crippen LogP contribution in [0, 0.1) is 6.92 Å². The van der Waals surface area contributed by atoms with Gasteiger partial charge in [-0.1, -0.05) is 11.6 Å². The number of carbonyl (C=O) groups excluding carboxylic acids is 3. The second-order valence-corrected chi connectivity index (χ2v) is 10.7. The van der Waals surface area contributed by atoms with Crippen LogP contribution in [0.3, 0.4) is 0 Å². The lowest BCUT2D eigenvalue weighted by Gasteiger charge is -2.32. The molecule has 2 N–H and O–H groups in total. The molecule has 0 unspecified atom stereocenters. The van der Waals surface area contributed by atoms with Gasteiger partial charge in [0.15, 0.2) is 5.69 Å². The second kappa shape index (κ2) is 10.5. The number of alkyl halides is 3. The molecule has 0 aliphatic carbocycles. The molecule has 2 aromatic heterocycles. The van der Waals surface area contributed by atoms with Gasteiger partial charge in [-0.3, -0.25) is 19.6 Å². The van der Waals surface area contributed by atoms with Gasteiger partial charge in [0, 0.05) is 18.4 Å². The average molecular weight is 579 g/mol. The molecule has 0 saturated carbocycles. The van der Waals surface area contributed by atoms with Crippen molar-refractivity contribution < 1.29 is 32.3 Å². The number of aromatic nitrogens is 3. The van der Waals surface area contributed by atoms with E-state index in [1.165, 1.54) is 34.1 Å². The molecule has 3 heterocycles. The van der Waals surface area contributed by atoms with Crippen molar-refractivity contribution in [2.45, 2.75) is 52.4 Å². The molecule has 0 saturated heterocycles. The number of aryl methyl sites for hydroxylation is 1. The standard InChI is InChI=1S/C26H26ClF3N6O4/c1-13-8-20(34-24(39)40-25(3,4)5)31-10-16(13)22(37)33-19-11-32-36-14(2)12-35(23(38)21(19)36)15-6-7-17(18(27)9-15)26(28,29)30/h6-11,14H,12H2,1-5H3,(H,33,37)(H,31,34,39)/t14-/m0/s1. The zero-order valence-corrected chi connectivity index (χ0v) is 22.9. The number of benzene rings is 1. The smallest absolute Gasteiger partial charge is 0.417 e. The summed E-state index contributed by atoms with van der Waals surface area (Å²) in [6.07, 6.45) is -2.74. The van der Waals surface area contributed by atoms with Crippen molar-refractivity contribution in [2.24, 2.45) is 0 Å². The number of pyridine rings is 1. The minimum atomic E-state index is -4.64. The Morgan fingerprint density at radius 3 is 2.42 bits per heavy atom. The Bertz CT molecular complexity index is 1500. The second-order valence-electron chi connectivity index (χ2n) is 10.2. The molecule has 3 amide bonds. The Morgan fingerprint density at radius 2 is 1.82 bits per heavy atom. The number of anilines is 3. The van der Waals surface area contributed by atoms with Crippen molar-refractivity contribution in [1.29, 1.82) is 0 Å². The van der Waals surface area contributed by atoms with E-state index in [2.05, 4.69) is 20.7 Å². The van der Waals surface area contributed by atoms with Gasteiger partial charge in [-0.05, 0) is 64.4 Å². The summed E-state index contributed by atoms with van der Waals surface area (Å²) < 4.78 is 46.1. The highest BCUT2D eigenvalue weighted by Crippen LogP contribution is 2.38. The van der Waals surface area contributed by atoms with Crippen LogP contribution in [0.25, 0.3) is 0 Å². The summed E-state index contributed by atoms with van der Waals surface area (Å²) in [5.41, 5.74) is -0.709. The van der Waals surface area contributed by atoms with Gasteiger partial charge in [-0.2, -0.15) is 18.3 Å². The summed E-state index contributed by atoms with van der Waals surface area (Å²) in [6.45, 7) is 8.70. The lowest BCUT2D eigenvalue weighted by molar-refractivity contribution is -0.137. The minimum absolute atomic E-state index is 0.0527. The van der Waals surface area contributed by atoms with Crippen molar-refractivity contribution in [3.8, 4) is 0 Å². The van der Waals surface area contributed by atoms with E-state index in [9.17, 15) is 27.6 Å². The zero-order valence-electron chi connectivity index (χ0n) is 22.2. The maximum Gasteiger partial charge on any atom is 0.417 e. The normalized spacial score (nSPS) is 15.5. The van der Waals surface area contributed by atoms with Gasteiger partial charge in [0.2, 0.25) is 0 Å². The van der Waals surface area contributed by atoms with Crippen LogP contribution in [0.15, 0.2) is 36.7 Å². The highest BCUT2D eigenvalue weighted by Gasteiger charge is 2.37. The number of nitrogens with zero attached hydrogens (tertiary/aromatic N) is 4. The summed E-state index contributed by atoms with van der Waals surface area (Å²) in [5.74, 6) is -0.977. The average Bonchev–Trinajstić information content (AvgIpc) is 3.23. The fraction of sp³-hybridized carbons (Fsp3) is 0.346. The summed E-state index contributed by atoms with van der Waals surface area (Å²) in [4.78, 5) is 44.0. The molecule has 1 atom stereocenters. The van der Waals surface area contributed by atoms with Crippen LogP contribution in [0.5, 0.6) is 0 Å². The molecule has 1 aliphatic heterocycles. The highest BCUT2D eigenvalue weighted by molar-refractivity contribution is 6.31. The Kier molecular flexibility index (Phi) is 7.54. The molecule has 1 aliphatic rings. The highest BCUT2D eigenvalue weighted by atomic mass is 35.5. The van der Waals surface area contributed by atoms with Crippen molar-refractivity contribution in [2.75, 3.05) is 22.1 Å². The molecular weight excluding hydrogens is 553 g/mol. The van der Waals surface area contributed by atoms with Gasteiger partial charge in [-0.15, -0.1) is 0 Å². The predicted octanol–water partition coefficient (Wildman–Crippen LogP) is 6.08. The predicted molar refractivity (Wildman–Crippen MR) is 142 cm³/mol. The summed E-state index contributed by atoms with van der Waals surface area (Å²) in [7, 11) is 0. The minimum Gasteiger partial charge on any atom is -0.444 e. The Morgan fingerprint density at radius 1 is 1.12 bits per heavy atom. The van der Waals surface area contributed by atoms with Crippen molar-refractivity contribution >= 4 is 46.7 Å². The molecule has 14 heteroatoms. The quantitative estimate of drug-likeness (QED) is 0.387. The number of carbonyl (C=O) groups is 3. The molecule has 0 spiro atoms. The fourth-order valence-corrected chi connectivity index (χ4v) is 4.42. The first kappa shape index (κ1) is 28.9. The zero-order chi connectivity index (χ0) is 29.6. The molecule has 0 bridgehead atoms. The van der Waals surface area contributed by atoms with Crippen LogP contribution in [0.4, 0.5) is 35.2 Å². The number of amides is 3. The molecule has 3 aromatic rings. The first-order chi connectivity index (χ1) is 18.5. The third-order valence-corrected chi connectivity index (χ3v) is 6.22. The third kappa shape index (κ3) is 6.03. The maximum atomic E-state index is 13.5. The monoisotopic (exact) mass is 578 g/mol. The van der Waals surface area contributed by atoms with Gasteiger partial charge >= 0.3 is 12.3 Å². The van der Waals surface area contributed by atoms with Gasteiger partial charge < -0.3 is 15.0 Å². The number of rotatable bonds is 4. The largest absolute Gasteiger partial charge is 0.444 e. The molecule has 40 heavy (non-hydrogen) atoms. The van der Waals surface area contributed by atoms with Crippen LogP contribution in [-0.4, -0.2) is 44.8 Å². The van der Waals surface area contributed by atoms with Crippen molar-refractivity contribution in [1.82, 2.24) is 14.8 Å². The first-order valence-corrected chi connectivity index (χ1v) is 12.5. The Labute approximate surface area is 232 Å². The van der Waals surface area contributed by atoms with Crippen molar-refractivity contribution in [3.05, 3.63) is 64.1 Å². The maximum absolute atomic E-state index is 13.5. The van der Waals surface area contributed by atoms with Gasteiger partial charge in [0.05, 0.1) is 34.1 Å². The Hall–Kier alpha value is -4.13. The number of hydrogen-bond acceptors (Lipinski definition) is 6. The van der Waals surface area contributed by atoms with E-state index in [0.717, 1.165) is 12.1 Å². The van der Waals surface area contributed by atoms with E-state index in [1.54, 1.807) is 34.6 Å². The van der Waals surface area contributed by atoms with E-state index in [0.29, 0.717) is 5.56 Å². The third-order valence-electron chi connectivity index (χ3n) is 5.91. The molecule has 4 rings (SSSR count). The van der Waals surface area contributed by atoms with E-state index >= 15 is 0 Å². The number of hydrogen-bond donors (Lipinski definition) is 2. The Balaban J connectivity index is 1.55. The van der Waals surface area contributed by atoms with Gasteiger partial charge in [0.1, 0.15) is 11.4 Å². The molecule has 0 fully saturated rings. The van der Waals surface area contributed by atoms with Crippen LogP contribution in [0.1, 0.15) is 65.7 Å². The van der Waals surface area contributed by atoms with Crippen LogP contribution < -0.4 is 15.5 Å². The lowest BCUT2D eigenvalue weighted by atomic mass is 10.1. The summed E-state index contributed by atoms with van der Waals surface area (Å²) in [5, 5.41) is 8.86. The molecule has 10 nitrogen and oxygen atoms in total. The molecule has 1 aromatic carbocycles. The first-order valence-electron chi connectivity index (χ1n) is 12.1.